The summed E-state index contributed by atoms with van der Waals surface area (Å²) >= 11 is 6.00. The molecule has 0 aromatic heterocycles. The molecule has 0 bridgehead atoms. The lowest BCUT2D eigenvalue weighted by Crippen LogP contribution is -2.52. The lowest BCUT2D eigenvalue weighted by Gasteiger charge is -2.33. The molecule has 0 unspecified atom stereocenters. The van der Waals surface area contributed by atoms with Gasteiger partial charge in [0, 0.05) is 18.1 Å². The minimum Gasteiger partial charge on any atom is -0.497 e. The van der Waals surface area contributed by atoms with Gasteiger partial charge in [-0.25, -0.2) is 8.42 Å². The van der Waals surface area contributed by atoms with Gasteiger partial charge in [0.05, 0.1) is 17.7 Å². The number of aryl methyl sites for hydroxylation is 1. The van der Waals surface area contributed by atoms with Gasteiger partial charge in [-0.2, -0.15) is 0 Å². The minimum atomic E-state index is -4.16. The van der Waals surface area contributed by atoms with Crippen molar-refractivity contribution in [3.8, 4) is 5.75 Å². The monoisotopic (exact) mass is 585 g/mol. The van der Waals surface area contributed by atoms with Crippen LogP contribution in [0.5, 0.6) is 5.75 Å². The standard InChI is InChI=1S/C30H36ClN3O5S/c1-5-18-32-30(36)28(6-2)33(20-23-8-7-9-26(19-23)39-4)29(35)21-34(25-14-10-22(3)11-15-25)40(37,38)27-16-12-24(31)13-17-27/h7-17,19,28H,5-6,18,20-21H2,1-4H3,(H,32,36)/t28-/m1/s1. The van der Waals surface area contributed by atoms with Crippen LogP contribution in [0.1, 0.15) is 37.8 Å². The van der Waals surface area contributed by atoms with Crippen molar-refractivity contribution in [1.82, 2.24) is 10.2 Å². The summed E-state index contributed by atoms with van der Waals surface area (Å²) in [5.74, 6) is -0.192. The van der Waals surface area contributed by atoms with Gasteiger partial charge >= 0.3 is 0 Å². The van der Waals surface area contributed by atoms with Crippen LogP contribution < -0.4 is 14.4 Å². The molecule has 3 aromatic rings. The molecule has 3 rings (SSSR count). The summed E-state index contributed by atoms with van der Waals surface area (Å²) in [7, 11) is -2.60. The van der Waals surface area contributed by atoms with E-state index in [1.54, 1.807) is 49.6 Å². The van der Waals surface area contributed by atoms with Crippen LogP contribution in [-0.2, 0) is 26.2 Å². The third-order valence-corrected chi connectivity index (χ3v) is 8.46. The zero-order valence-corrected chi connectivity index (χ0v) is 24.8. The predicted octanol–water partition coefficient (Wildman–Crippen LogP) is 5.19. The van der Waals surface area contributed by atoms with E-state index in [1.807, 2.05) is 26.8 Å². The van der Waals surface area contributed by atoms with E-state index in [2.05, 4.69) is 5.32 Å². The highest BCUT2D eigenvalue weighted by Crippen LogP contribution is 2.26. The number of benzene rings is 3. The molecule has 1 N–H and O–H groups in total. The van der Waals surface area contributed by atoms with E-state index in [4.69, 9.17) is 16.3 Å². The summed E-state index contributed by atoms with van der Waals surface area (Å²) in [6.07, 6.45) is 1.09. The molecular formula is C30H36ClN3O5S. The van der Waals surface area contributed by atoms with Crippen LogP contribution in [0.2, 0.25) is 5.02 Å². The molecule has 8 nitrogen and oxygen atoms in total. The first-order valence-corrected chi connectivity index (χ1v) is 15.0. The average Bonchev–Trinajstić information content (AvgIpc) is 2.95. The number of amides is 2. The number of hydrogen-bond donors (Lipinski definition) is 1. The van der Waals surface area contributed by atoms with Gasteiger partial charge in [-0.3, -0.25) is 13.9 Å². The van der Waals surface area contributed by atoms with Crippen molar-refractivity contribution in [3.63, 3.8) is 0 Å². The van der Waals surface area contributed by atoms with Crippen LogP contribution in [0.3, 0.4) is 0 Å². The molecule has 0 saturated heterocycles. The van der Waals surface area contributed by atoms with Crippen molar-refractivity contribution < 1.29 is 22.7 Å². The molecule has 0 fully saturated rings. The van der Waals surface area contributed by atoms with Gasteiger partial charge in [-0.1, -0.05) is 55.3 Å². The quantitative estimate of drug-likeness (QED) is 0.298. The van der Waals surface area contributed by atoms with Crippen molar-refractivity contribution in [2.45, 2.75) is 51.1 Å². The molecule has 3 aromatic carbocycles. The Morgan fingerprint density at radius 1 is 1.00 bits per heavy atom. The summed E-state index contributed by atoms with van der Waals surface area (Å²) < 4.78 is 34.1. The fourth-order valence-corrected chi connectivity index (χ4v) is 5.77. The van der Waals surface area contributed by atoms with Gasteiger partial charge in [0.25, 0.3) is 10.0 Å². The number of hydrogen-bond acceptors (Lipinski definition) is 5. The molecule has 0 spiro atoms. The lowest BCUT2D eigenvalue weighted by atomic mass is 10.1. The first kappa shape index (κ1) is 31.0. The molecule has 0 aliphatic rings. The van der Waals surface area contributed by atoms with E-state index in [1.165, 1.54) is 29.2 Å². The first-order chi connectivity index (χ1) is 19.1. The molecule has 0 aliphatic heterocycles. The Balaban J connectivity index is 2.05. The molecule has 0 heterocycles. The lowest BCUT2D eigenvalue weighted by molar-refractivity contribution is -0.140. The number of sulfonamides is 1. The van der Waals surface area contributed by atoms with Gasteiger partial charge in [0.15, 0.2) is 0 Å². The molecule has 214 valence electrons. The SMILES string of the molecule is CCCNC(=O)[C@@H](CC)N(Cc1cccc(OC)c1)C(=O)CN(c1ccc(C)cc1)S(=O)(=O)c1ccc(Cl)cc1. The number of halogens is 1. The van der Waals surface area contributed by atoms with E-state index < -0.39 is 28.5 Å². The number of nitrogens with one attached hydrogen (secondary N) is 1. The molecule has 0 radical (unpaired) electrons. The number of carbonyl (C=O) groups excluding carboxylic acids is 2. The first-order valence-electron chi connectivity index (χ1n) is 13.2. The zero-order valence-electron chi connectivity index (χ0n) is 23.3. The van der Waals surface area contributed by atoms with Gasteiger partial charge in [-0.05, 0) is 73.9 Å². The van der Waals surface area contributed by atoms with Gasteiger partial charge in [0.1, 0.15) is 18.3 Å². The highest BCUT2D eigenvalue weighted by Gasteiger charge is 2.33. The Morgan fingerprint density at radius 2 is 1.68 bits per heavy atom. The molecule has 1 atom stereocenters. The second kappa shape index (κ2) is 14.2. The Bertz CT molecular complexity index is 1400. The average molecular weight is 586 g/mol. The largest absolute Gasteiger partial charge is 0.497 e. The molecule has 10 heteroatoms. The number of anilines is 1. The summed E-state index contributed by atoms with van der Waals surface area (Å²) in [6, 6.07) is 19.1. The van der Waals surface area contributed by atoms with E-state index in [0.717, 1.165) is 21.9 Å². The fourth-order valence-electron chi connectivity index (χ4n) is 4.23. The maximum Gasteiger partial charge on any atom is 0.264 e. The van der Waals surface area contributed by atoms with Crippen LogP contribution >= 0.6 is 11.6 Å². The molecule has 0 saturated carbocycles. The van der Waals surface area contributed by atoms with Crippen LogP contribution in [-0.4, -0.2) is 51.4 Å². The predicted molar refractivity (Wildman–Crippen MR) is 158 cm³/mol. The smallest absolute Gasteiger partial charge is 0.264 e. The van der Waals surface area contributed by atoms with E-state index in [9.17, 15) is 18.0 Å². The maximum absolute atomic E-state index is 14.1. The molecular weight excluding hydrogens is 550 g/mol. The summed E-state index contributed by atoms with van der Waals surface area (Å²) in [4.78, 5) is 28.7. The second-order valence-electron chi connectivity index (χ2n) is 9.39. The summed E-state index contributed by atoms with van der Waals surface area (Å²) in [5.41, 5.74) is 2.02. The zero-order chi connectivity index (χ0) is 29.3. The molecule has 40 heavy (non-hydrogen) atoms. The Morgan fingerprint density at radius 3 is 2.27 bits per heavy atom. The third-order valence-electron chi connectivity index (χ3n) is 6.42. The van der Waals surface area contributed by atoms with Crippen LogP contribution in [0.15, 0.2) is 77.7 Å². The van der Waals surface area contributed by atoms with Crippen molar-refractivity contribution in [2.75, 3.05) is 24.5 Å². The van der Waals surface area contributed by atoms with E-state index in [-0.39, 0.29) is 17.3 Å². The van der Waals surface area contributed by atoms with Crippen molar-refractivity contribution >= 4 is 39.1 Å². The van der Waals surface area contributed by atoms with Crippen LogP contribution in [0, 0.1) is 6.92 Å². The highest BCUT2D eigenvalue weighted by molar-refractivity contribution is 7.92. The van der Waals surface area contributed by atoms with Gasteiger partial charge in [0.2, 0.25) is 11.8 Å². The number of methoxy groups -OCH3 is 1. The van der Waals surface area contributed by atoms with Crippen LogP contribution in [0.4, 0.5) is 5.69 Å². The van der Waals surface area contributed by atoms with Crippen molar-refractivity contribution in [3.05, 3.63) is 88.9 Å². The molecule has 0 aliphatic carbocycles. The fraction of sp³-hybridized carbons (Fsp3) is 0.333. The second-order valence-corrected chi connectivity index (χ2v) is 11.7. The molecule has 2 amide bonds. The summed E-state index contributed by atoms with van der Waals surface area (Å²) in [5, 5.41) is 3.27. The number of ether oxygens (including phenoxy) is 1. The van der Waals surface area contributed by atoms with Gasteiger partial charge in [-0.15, -0.1) is 0 Å². The third kappa shape index (κ3) is 7.76. The summed E-state index contributed by atoms with van der Waals surface area (Å²) in [6.45, 7) is 5.72. The Kier molecular flexibility index (Phi) is 11.0. The van der Waals surface area contributed by atoms with Crippen molar-refractivity contribution in [2.24, 2.45) is 0 Å². The number of nitrogens with zero attached hydrogens (tertiary/aromatic N) is 2. The van der Waals surface area contributed by atoms with Crippen LogP contribution in [0.25, 0.3) is 0 Å². The van der Waals surface area contributed by atoms with Crippen molar-refractivity contribution in [1.29, 1.82) is 0 Å². The van der Waals surface area contributed by atoms with E-state index >= 15 is 0 Å². The maximum atomic E-state index is 14.1. The number of carbonyl (C=O) groups is 2. The minimum absolute atomic E-state index is 0.00245. The van der Waals surface area contributed by atoms with E-state index in [0.29, 0.717) is 29.4 Å². The Labute approximate surface area is 241 Å². The Hall–Kier alpha value is -3.56. The topological polar surface area (TPSA) is 96.0 Å². The normalized spacial score (nSPS) is 11.9. The van der Waals surface area contributed by atoms with Gasteiger partial charge < -0.3 is 15.0 Å². The highest BCUT2D eigenvalue weighted by atomic mass is 35.5. The number of rotatable bonds is 13.